The van der Waals surface area contributed by atoms with Crippen LogP contribution in [0.4, 0.5) is 0 Å². The van der Waals surface area contributed by atoms with E-state index >= 15 is 0 Å². The summed E-state index contributed by atoms with van der Waals surface area (Å²) in [5, 5.41) is 15.9. The monoisotopic (exact) mass is 517 g/mol. The maximum Gasteiger partial charge on any atom is 0.311 e. The van der Waals surface area contributed by atoms with Gasteiger partial charge in [-0.05, 0) is 102 Å². The molecule has 0 radical (unpaired) electrons. The van der Waals surface area contributed by atoms with Crippen molar-refractivity contribution in [2.75, 3.05) is 0 Å². The third-order valence-corrected chi connectivity index (χ3v) is 6.78. The van der Waals surface area contributed by atoms with E-state index < -0.39 is 17.4 Å². The van der Waals surface area contributed by atoms with Gasteiger partial charge in [0.2, 0.25) is 5.91 Å². The van der Waals surface area contributed by atoms with Gasteiger partial charge in [-0.3, -0.25) is 9.59 Å². The van der Waals surface area contributed by atoms with E-state index in [2.05, 4.69) is 44.0 Å². The number of carbonyl (C=O) groups is 2. The lowest BCUT2D eigenvalue weighted by atomic mass is 9.75. The average Bonchev–Trinajstić information content (AvgIpc) is 2.77. The van der Waals surface area contributed by atoms with Gasteiger partial charge in [-0.15, -0.1) is 0 Å². The Morgan fingerprint density at radius 2 is 1.59 bits per heavy atom. The highest BCUT2D eigenvalue weighted by Gasteiger charge is 2.31. The minimum atomic E-state index is -0.833. The number of rotatable bonds is 5. The van der Waals surface area contributed by atoms with Crippen LogP contribution >= 0.6 is 11.6 Å². The molecule has 3 aromatic rings. The van der Waals surface area contributed by atoms with Gasteiger partial charge >= 0.3 is 5.97 Å². The maximum atomic E-state index is 12.7. The summed E-state index contributed by atoms with van der Waals surface area (Å²) in [6.07, 6.45) is 0.499. The lowest BCUT2D eigenvalue weighted by Gasteiger charge is -2.28. The molecule has 0 spiro atoms. The molecule has 0 saturated heterocycles. The number of hydrogen-bond acceptors (Lipinski definition) is 2. The first-order chi connectivity index (χ1) is 17.1. The van der Waals surface area contributed by atoms with E-state index in [0.717, 1.165) is 44.2 Å². The zero-order valence-corrected chi connectivity index (χ0v) is 23.7. The van der Waals surface area contributed by atoms with Crippen LogP contribution in [0.15, 0.2) is 42.5 Å². The van der Waals surface area contributed by atoms with Crippen LogP contribution in [0.3, 0.4) is 0 Å². The number of halogens is 1. The number of fused-ring (bicyclic) bond motifs is 1. The number of benzene rings is 3. The Balaban J connectivity index is 2.40. The van der Waals surface area contributed by atoms with Crippen LogP contribution in [-0.4, -0.2) is 22.5 Å². The fourth-order valence-electron chi connectivity index (χ4n) is 4.88. The zero-order valence-electron chi connectivity index (χ0n) is 23.0. The highest BCUT2D eigenvalue weighted by molar-refractivity contribution is 6.30. The Labute approximate surface area is 225 Å². The number of nitrogens with one attached hydrogen (secondary N) is 1. The van der Waals surface area contributed by atoms with Crippen molar-refractivity contribution in [1.29, 1.82) is 0 Å². The topological polar surface area (TPSA) is 66.4 Å². The Hall–Kier alpha value is -3.29. The summed E-state index contributed by atoms with van der Waals surface area (Å²) in [6, 6.07) is 13.6. The van der Waals surface area contributed by atoms with Crippen LogP contribution < -0.4 is 5.32 Å². The van der Waals surface area contributed by atoms with Crippen LogP contribution in [0, 0.1) is 31.1 Å². The minimum Gasteiger partial charge on any atom is -0.481 e. The molecule has 3 aromatic carbocycles. The molecule has 0 aromatic heterocycles. The second-order valence-corrected chi connectivity index (χ2v) is 12.0. The van der Waals surface area contributed by atoms with Gasteiger partial charge in [-0.2, -0.15) is 0 Å². The highest BCUT2D eigenvalue weighted by Crippen LogP contribution is 2.44. The third kappa shape index (κ3) is 6.73. The summed E-state index contributed by atoms with van der Waals surface area (Å²) in [6.45, 7) is 15.5. The van der Waals surface area contributed by atoms with E-state index in [1.165, 1.54) is 6.92 Å². The van der Waals surface area contributed by atoms with Crippen LogP contribution in [0.5, 0.6) is 0 Å². The number of carboxylic acids is 1. The molecule has 0 heterocycles. The van der Waals surface area contributed by atoms with Crippen molar-refractivity contribution < 1.29 is 14.7 Å². The van der Waals surface area contributed by atoms with E-state index in [1.807, 2.05) is 64.1 Å². The molecule has 4 nitrogen and oxygen atoms in total. The summed E-state index contributed by atoms with van der Waals surface area (Å²) in [5.41, 5.74) is 4.61. The lowest BCUT2D eigenvalue weighted by Crippen LogP contribution is -2.40. The maximum absolute atomic E-state index is 12.7. The molecular weight excluding hydrogens is 482 g/mol. The lowest BCUT2D eigenvalue weighted by molar-refractivity contribution is -0.139. The molecule has 37 heavy (non-hydrogen) atoms. The minimum absolute atomic E-state index is 0.142. The molecule has 1 unspecified atom stereocenters. The Bertz CT molecular complexity index is 1420. The Morgan fingerprint density at radius 3 is 2.14 bits per heavy atom. The summed E-state index contributed by atoms with van der Waals surface area (Å²) in [5.74, 6) is 4.72. The van der Waals surface area contributed by atoms with E-state index in [0.29, 0.717) is 11.4 Å². The first-order valence-corrected chi connectivity index (χ1v) is 12.8. The Kier molecular flexibility index (Phi) is 8.10. The molecule has 0 aliphatic heterocycles. The fraction of sp³-hybridized carbons (Fsp3) is 0.375. The number of amides is 1. The number of carbonyl (C=O) groups excluding carboxylic acids is 1. The first kappa shape index (κ1) is 28.3. The number of carboxylic acid groups (broad SMARTS) is 1. The molecule has 2 N–H and O–H groups in total. The van der Waals surface area contributed by atoms with E-state index in [4.69, 9.17) is 11.6 Å². The summed E-state index contributed by atoms with van der Waals surface area (Å²) < 4.78 is 0. The molecule has 5 heteroatoms. The first-order valence-electron chi connectivity index (χ1n) is 12.5. The van der Waals surface area contributed by atoms with Gasteiger partial charge in [-0.25, -0.2) is 0 Å². The standard InChI is InChI=1S/C32H36ClNO3/c1-19-20(2)28(27(30(36)37)18-31(4,5)6)29(23-10-12-24(33)13-11-23)26-17-22(9-14-25(19)26)15-16-32(7,8)34-21(3)35/h9-14,17,27H,18H2,1-8H3,(H,34,35)(H,36,37). The van der Waals surface area contributed by atoms with Gasteiger partial charge in [0.25, 0.3) is 0 Å². The molecule has 0 aliphatic carbocycles. The van der Waals surface area contributed by atoms with Gasteiger partial charge in [0, 0.05) is 17.5 Å². The van der Waals surface area contributed by atoms with E-state index in [-0.39, 0.29) is 11.3 Å². The molecule has 0 saturated carbocycles. The quantitative estimate of drug-likeness (QED) is 0.341. The van der Waals surface area contributed by atoms with Crippen LogP contribution in [0.25, 0.3) is 21.9 Å². The van der Waals surface area contributed by atoms with Gasteiger partial charge in [0.1, 0.15) is 0 Å². The van der Waals surface area contributed by atoms with Crippen molar-refractivity contribution in [2.24, 2.45) is 5.41 Å². The van der Waals surface area contributed by atoms with Crippen LogP contribution in [0.1, 0.15) is 76.1 Å². The molecule has 0 bridgehead atoms. The largest absolute Gasteiger partial charge is 0.481 e. The molecule has 0 fully saturated rings. The van der Waals surface area contributed by atoms with Crippen molar-refractivity contribution in [1.82, 2.24) is 5.32 Å². The second kappa shape index (κ2) is 10.6. The van der Waals surface area contributed by atoms with Crippen molar-refractivity contribution in [3.05, 3.63) is 69.7 Å². The van der Waals surface area contributed by atoms with Gasteiger partial charge < -0.3 is 10.4 Å². The number of aliphatic carboxylic acids is 1. The molecule has 3 rings (SSSR count). The number of hydrogen-bond donors (Lipinski definition) is 2. The third-order valence-electron chi connectivity index (χ3n) is 6.53. The fourth-order valence-corrected chi connectivity index (χ4v) is 5.01. The van der Waals surface area contributed by atoms with Crippen molar-refractivity contribution in [3.63, 3.8) is 0 Å². The summed E-state index contributed by atoms with van der Waals surface area (Å²) in [4.78, 5) is 24.3. The second-order valence-electron chi connectivity index (χ2n) is 11.5. The molecule has 0 aliphatic rings. The van der Waals surface area contributed by atoms with E-state index in [9.17, 15) is 14.7 Å². The zero-order chi connectivity index (χ0) is 27.7. The predicted molar refractivity (Wildman–Crippen MR) is 153 cm³/mol. The molecule has 1 amide bonds. The summed E-state index contributed by atoms with van der Waals surface area (Å²) >= 11 is 6.22. The molecule has 1 atom stereocenters. The average molecular weight is 518 g/mol. The Morgan fingerprint density at radius 1 is 0.973 bits per heavy atom. The van der Waals surface area contributed by atoms with Crippen molar-refractivity contribution in [3.8, 4) is 23.0 Å². The van der Waals surface area contributed by atoms with Crippen molar-refractivity contribution >= 4 is 34.2 Å². The smallest absolute Gasteiger partial charge is 0.311 e. The van der Waals surface area contributed by atoms with Gasteiger partial charge in [0.05, 0.1) is 11.5 Å². The van der Waals surface area contributed by atoms with Gasteiger partial charge in [-0.1, -0.05) is 62.4 Å². The predicted octanol–water partition coefficient (Wildman–Crippen LogP) is 7.65. The molecular formula is C32H36ClNO3. The summed E-state index contributed by atoms with van der Waals surface area (Å²) in [7, 11) is 0. The SMILES string of the molecule is CC(=O)NC(C)(C)C#Cc1ccc2c(C)c(C)c(C(CC(C)(C)C)C(=O)O)c(-c3ccc(Cl)cc3)c2c1. The van der Waals surface area contributed by atoms with Gasteiger partial charge in [0.15, 0.2) is 0 Å². The van der Waals surface area contributed by atoms with Crippen molar-refractivity contribution in [2.45, 2.75) is 73.3 Å². The van der Waals surface area contributed by atoms with E-state index in [1.54, 1.807) is 0 Å². The normalized spacial score (nSPS) is 12.6. The number of aryl methyl sites for hydroxylation is 1. The van der Waals surface area contributed by atoms with Crippen LogP contribution in [0.2, 0.25) is 5.02 Å². The molecule has 194 valence electrons. The highest BCUT2D eigenvalue weighted by atomic mass is 35.5. The van der Waals surface area contributed by atoms with Crippen LogP contribution in [-0.2, 0) is 9.59 Å².